The van der Waals surface area contributed by atoms with E-state index in [4.69, 9.17) is 11.6 Å². The second-order valence-electron chi connectivity index (χ2n) is 4.00. The molecule has 2 rings (SSSR count). The number of benzene rings is 1. The van der Waals surface area contributed by atoms with Gasteiger partial charge in [0.1, 0.15) is 0 Å². The molecule has 2 aromatic rings. The zero-order chi connectivity index (χ0) is 12.4. The van der Waals surface area contributed by atoms with E-state index < -0.39 is 0 Å². The van der Waals surface area contributed by atoms with Crippen LogP contribution in [0.5, 0.6) is 0 Å². The van der Waals surface area contributed by atoms with Gasteiger partial charge < -0.3 is 0 Å². The molecule has 0 fully saturated rings. The topological polar surface area (TPSA) is 47.8 Å². The number of halogens is 1. The van der Waals surface area contributed by atoms with Crippen LogP contribution in [0.1, 0.15) is 24.2 Å². The fraction of sp³-hybridized carbons (Fsp3) is 0.250. The van der Waals surface area contributed by atoms with Gasteiger partial charge in [-0.1, -0.05) is 25.4 Å². The Morgan fingerprint density at radius 3 is 2.53 bits per heavy atom. The quantitative estimate of drug-likeness (QED) is 0.786. The van der Waals surface area contributed by atoms with Gasteiger partial charge in [0.05, 0.1) is 18.1 Å². The minimum absolute atomic E-state index is 0.0276. The normalized spacial score (nSPS) is 10.8. The Bertz CT molecular complexity index is 535. The number of hydrogen-bond acceptors (Lipinski definition) is 3. The van der Waals surface area contributed by atoms with E-state index in [1.54, 1.807) is 30.6 Å². The average molecular weight is 250 g/mol. The largest absolute Gasteiger partial charge is 0.294 e. The predicted molar refractivity (Wildman–Crippen MR) is 65.5 cm³/mol. The zero-order valence-corrected chi connectivity index (χ0v) is 10.3. The van der Waals surface area contributed by atoms with E-state index in [2.05, 4.69) is 10.2 Å². The molecule has 0 aliphatic carbocycles. The number of carbonyl (C=O) groups excluding carboxylic acids is 1. The van der Waals surface area contributed by atoms with Crippen molar-refractivity contribution in [1.29, 1.82) is 0 Å². The van der Waals surface area contributed by atoms with E-state index in [0.29, 0.717) is 16.3 Å². The van der Waals surface area contributed by atoms with Crippen LogP contribution >= 0.6 is 11.6 Å². The summed E-state index contributed by atoms with van der Waals surface area (Å²) in [5, 5.41) is 8.59. The van der Waals surface area contributed by atoms with Gasteiger partial charge in [0.15, 0.2) is 5.78 Å². The van der Waals surface area contributed by atoms with Crippen LogP contribution in [-0.4, -0.2) is 20.8 Å². The Labute approximate surface area is 104 Å². The Kier molecular flexibility index (Phi) is 3.24. The van der Waals surface area contributed by atoms with Gasteiger partial charge in [0.25, 0.3) is 0 Å². The summed E-state index contributed by atoms with van der Waals surface area (Å²) in [7, 11) is 0. The van der Waals surface area contributed by atoms with Gasteiger partial charge in [-0.25, -0.2) is 0 Å². The van der Waals surface area contributed by atoms with E-state index in [1.807, 2.05) is 13.8 Å². The molecule has 17 heavy (non-hydrogen) atoms. The number of ketones is 1. The molecule has 4 nitrogen and oxygen atoms in total. The second-order valence-corrected chi connectivity index (χ2v) is 4.44. The van der Waals surface area contributed by atoms with Crippen molar-refractivity contribution in [2.45, 2.75) is 13.8 Å². The molecular weight excluding hydrogens is 238 g/mol. The Balaban J connectivity index is 2.56. The Morgan fingerprint density at radius 2 is 1.94 bits per heavy atom. The van der Waals surface area contributed by atoms with Gasteiger partial charge in [-0.15, -0.1) is 0 Å². The standard InChI is InChI=1S/C12H12ClN3O/c1-8(2)12(17)10-7-9(13)3-4-11(10)16-14-5-6-15-16/h3-8H,1-2H3. The molecule has 0 radical (unpaired) electrons. The summed E-state index contributed by atoms with van der Waals surface area (Å²) in [5.74, 6) is -0.0671. The summed E-state index contributed by atoms with van der Waals surface area (Å²) in [6.45, 7) is 3.70. The van der Waals surface area contributed by atoms with Crippen LogP contribution in [0.4, 0.5) is 0 Å². The first kappa shape index (κ1) is 11.8. The van der Waals surface area contributed by atoms with Crippen LogP contribution in [0.3, 0.4) is 0 Å². The number of carbonyl (C=O) groups is 1. The zero-order valence-electron chi connectivity index (χ0n) is 9.59. The van der Waals surface area contributed by atoms with Gasteiger partial charge in [0.2, 0.25) is 0 Å². The van der Waals surface area contributed by atoms with Crippen LogP contribution < -0.4 is 0 Å². The van der Waals surface area contributed by atoms with Crippen molar-refractivity contribution in [3.63, 3.8) is 0 Å². The van der Waals surface area contributed by atoms with Gasteiger partial charge in [-0.05, 0) is 18.2 Å². The first-order chi connectivity index (χ1) is 8.09. The molecule has 0 spiro atoms. The highest BCUT2D eigenvalue weighted by atomic mass is 35.5. The smallest absolute Gasteiger partial charge is 0.167 e. The Hall–Kier alpha value is -1.68. The number of nitrogens with zero attached hydrogens (tertiary/aromatic N) is 3. The third-order valence-electron chi connectivity index (χ3n) is 2.38. The molecule has 88 valence electrons. The van der Waals surface area contributed by atoms with Crippen LogP contribution in [0.2, 0.25) is 5.02 Å². The molecule has 5 heteroatoms. The SMILES string of the molecule is CC(C)C(=O)c1cc(Cl)ccc1-n1nccn1. The first-order valence-electron chi connectivity index (χ1n) is 5.30. The molecule has 0 atom stereocenters. The van der Waals surface area contributed by atoms with Crippen molar-refractivity contribution in [2.24, 2.45) is 5.92 Å². The summed E-state index contributed by atoms with van der Waals surface area (Å²) < 4.78 is 0. The molecule has 0 saturated heterocycles. The predicted octanol–water partition coefficient (Wildman–Crippen LogP) is 2.76. The molecule has 1 aromatic carbocycles. The maximum atomic E-state index is 12.1. The molecule has 1 heterocycles. The highest BCUT2D eigenvalue weighted by Crippen LogP contribution is 2.21. The molecule has 0 bridgehead atoms. The summed E-state index contributed by atoms with van der Waals surface area (Å²) in [6, 6.07) is 5.12. The molecule has 0 aliphatic rings. The third-order valence-corrected chi connectivity index (χ3v) is 2.62. The van der Waals surface area contributed by atoms with Crippen molar-refractivity contribution in [3.05, 3.63) is 41.2 Å². The number of rotatable bonds is 3. The van der Waals surface area contributed by atoms with Crippen molar-refractivity contribution >= 4 is 17.4 Å². The van der Waals surface area contributed by atoms with Gasteiger partial charge in [-0.3, -0.25) is 4.79 Å². The van der Waals surface area contributed by atoms with E-state index in [9.17, 15) is 4.79 Å². The van der Waals surface area contributed by atoms with Crippen LogP contribution in [0.25, 0.3) is 5.69 Å². The Morgan fingerprint density at radius 1 is 1.29 bits per heavy atom. The molecule has 0 amide bonds. The fourth-order valence-corrected chi connectivity index (χ4v) is 1.70. The number of hydrogen-bond donors (Lipinski definition) is 0. The third kappa shape index (κ3) is 2.36. The number of Topliss-reactive ketones (excluding diaryl/α,β-unsaturated/α-hetero) is 1. The van der Waals surface area contributed by atoms with Gasteiger partial charge >= 0.3 is 0 Å². The highest BCUT2D eigenvalue weighted by Gasteiger charge is 2.17. The van der Waals surface area contributed by atoms with E-state index in [-0.39, 0.29) is 11.7 Å². The first-order valence-corrected chi connectivity index (χ1v) is 5.68. The van der Waals surface area contributed by atoms with Gasteiger partial charge in [-0.2, -0.15) is 15.0 Å². The molecule has 0 saturated carbocycles. The lowest BCUT2D eigenvalue weighted by Crippen LogP contribution is -2.13. The monoisotopic (exact) mass is 249 g/mol. The van der Waals surface area contributed by atoms with E-state index in [0.717, 1.165) is 0 Å². The highest BCUT2D eigenvalue weighted by molar-refractivity contribution is 6.31. The van der Waals surface area contributed by atoms with Crippen molar-refractivity contribution in [2.75, 3.05) is 0 Å². The summed E-state index contributed by atoms with van der Waals surface area (Å²) in [5.41, 5.74) is 1.20. The van der Waals surface area contributed by atoms with E-state index in [1.165, 1.54) is 4.80 Å². The summed E-state index contributed by atoms with van der Waals surface area (Å²) in [4.78, 5) is 13.5. The van der Waals surface area contributed by atoms with E-state index >= 15 is 0 Å². The van der Waals surface area contributed by atoms with Crippen molar-refractivity contribution in [1.82, 2.24) is 15.0 Å². The minimum Gasteiger partial charge on any atom is -0.294 e. The maximum absolute atomic E-state index is 12.1. The maximum Gasteiger partial charge on any atom is 0.167 e. The van der Waals surface area contributed by atoms with Crippen LogP contribution in [-0.2, 0) is 0 Å². The second kappa shape index (κ2) is 4.67. The number of aromatic nitrogens is 3. The fourth-order valence-electron chi connectivity index (χ4n) is 1.53. The molecular formula is C12H12ClN3O. The van der Waals surface area contributed by atoms with Crippen LogP contribution in [0.15, 0.2) is 30.6 Å². The molecule has 0 unspecified atom stereocenters. The molecule has 0 aliphatic heterocycles. The lowest BCUT2D eigenvalue weighted by atomic mass is 10.00. The summed E-state index contributed by atoms with van der Waals surface area (Å²) in [6.07, 6.45) is 3.14. The van der Waals surface area contributed by atoms with Gasteiger partial charge in [0, 0.05) is 16.5 Å². The minimum atomic E-state index is -0.0946. The van der Waals surface area contributed by atoms with Crippen molar-refractivity contribution < 1.29 is 4.79 Å². The molecule has 1 aromatic heterocycles. The van der Waals surface area contributed by atoms with Crippen LogP contribution in [0, 0.1) is 5.92 Å². The summed E-state index contributed by atoms with van der Waals surface area (Å²) >= 11 is 5.92. The average Bonchev–Trinajstić information content (AvgIpc) is 2.81. The molecule has 0 N–H and O–H groups in total. The lowest BCUT2D eigenvalue weighted by Gasteiger charge is -2.10. The van der Waals surface area contributed by atoms with Crippen molar-refractivity contribution in [3.8, 4) is 5.69 Å². The lowest BCUT2D eigenvalue weighted by molar-refractivity contribution is 0.0939.